The number of phenols is 1. The molecule has 0 bridgehead atoms. The number of carbonyl (C=O) groups excluding carboxylic acids is 2. The molecule has 2 amide bonds. The van der Waals surface area contributed by atoms with Gasteiger partial charge < -0.3 is 10.5 Å². The van der Waals surface area contributed by atoms with Gasteiger partial charge >= 0.3 is 0 Å². The van der Waals surface area contributed by atoms with Crippen molar-refractivity contribution < 1.29 is 14.7 Å². The molecule has 0 atom stereocenters. The number of aromatic hydroxyl groups is 1. The number of nitrogens with one attached hydrogen (secondary N) is 2. The second-order valence-electron chi connectivity index (χ2n) is 7.55. The predicted molar refractivity (Wildman–Crippen MR) is 121 cm³/mol. The van der Waals surface area contributed by atoms with Crippen LogP contribution in [-0.2, 0) is 4.79 Å². The smallest absolute Gasteiger partial charge is 0.269 e. The molecule has 0 unspecified atom stereocenters. The predicted octanol–water partition coefficient (Wildman–Crippen LogP) is 4.35. The Morgan fingerprint density at radius 2 is 1.61 bits per heavy atom. The summed E-state index contributed by atoms with van der Waals surface area (Å²) in [6, 6.07) is 19.5. The number of amides is 2. The average molecular weight is 413 g/mol. The topological polar surface area (TPSA) is 81.7 Å². The minimum Gasteiger partial charge on any atom is -0.508 e. The van der Waals surface area contributed by atoms with Crippen LogP contribution in [-0.4, -0.2) is 16.9 Å². The van der Waals surface area contributed by atoms with Gasteiger partial charge in [0.15, 0.2) is 0 Å². The third-order valence-corrected chi connectivity index (χ3v) is 5.45. The summed E-state index contributed by atoms with van der Waals surface area (Å²) in [4.78, 5) is 27.5. The van der Waals surface area contributed by atoms with Crippen molar-refractivity contribution in [3.8, 4) is 5.75 Å². The summed E-state index contributed by atoms with van der Waals surface area (Å²) in [5.74, 6) is -0.444. The van der Waals surface area contributed by atoms with Crippen LogP contribution in [0, 0.1) is 13.8 Å². The van der Waals surface area contributed by atoms with E-state index in [-0.39, 0.29) is 17.6 Å². The van der Waals surface area contributed by atoms with Crippen LogP contribution in [0.1, 0.15) is 34.0 Å². The largest absolute Gasteiger partial charge is 0.508 e. The highest BCUT2D eigenvalue weighted by molar-refractivity contribution is 6.35. The average Bonchev–Trinajstić information content (AvgIpc) is 3.06. The minimum absolute atomic E-state index is 0.0856. The third-order valence-electron chi connectivity index (χ3n) is 5.45. The number of anilines is 2. The van der Waals surface area contributed by atoms with Gasteiger partial charge in [-0.1, -0.05) is 24.3 Å². The van der Waals surface area contributed by atoms with Crippen molar-refractivity contribution in [1.29, 1.82) is 0 Å². The number of hydrogen-bond acceptors (Lipinski definition) is 4. The summed E-state index contributed by atoms with van der Waals surface area (Å²) >= 11 is 0. The van der Waals surface area contributed by atoms with E-state index < -0.39 is 0 Å². The van der Waals surface area contributed by atoms with Gasteiger partial charge in [0.2, 0.25) is 0 Å². The van der Waals surface area contributed by atoms with E-state index in [0.29, 0.717) is 16.8 Å². The lowest BCUT2D eigenvalue weighted by molar-refractivity contribution is -0.112. The van der Waals surface area contributed by atoms with Crippen molar-refractivity contribution in [3.05, 3.63) is 94.7 Å². The first-order valence-corrected chi connectivity index (χ1v) is 9.94. The lowest BCUT2D eigenvalue weighted by atomic mass is 10.1. The van der Waals surface area contributed by atoms with Crippen molar-refractivity contribution in [3.63, 3.8) is 0 Å². The Kier molecular flexibility index (Phi) is 5.21. The van der Waals surface area contributed by atoms with Crippen molar-refractivity contribution >= 4 is 28.8 Å². The van der Waals surface area contributed by atoms with Gasteiger partial charge in [-0.25, -0.2) is 0 Å². The summed E-state index contributed by atoms with van der Waals surface area (Å²) in [7, 11) is 0. The van der Waals surface area contributed by atoms with Crippen molar-refractivity contribution in [1.82, 2.24) is 10.9 Å². The Bertz CT molecular complexity index is 1210. The molecule has 3 aromatic rings. The minimum atomic E-state index is -0.371. The number of phenolic OH excluding ortho intramolecular Hbond substituents is 1. The summed E-state index contributed by atoms with van der Waals surface area (Å²) in [5.41, 5.74) is 11.6. The maximum Gasteiger partial charge on any atom is 0.269 e. The number of benzene rings is 3. The van der Waals surface area contributed by atoms with Gasteiger partial charge in [-0.15, -0.1) is 0 Å². The fraction of sp³-hybridized carbons (Fsp3) is 0.120. The Morgan fingerprint density at radius 1 is 0.903 bits per heavy atom. The van der Waals surface area contributed by atoms with Gasteiger partial charge in [-0.2, -0.15) is 0 Å². The molecule has 1 heterocycles. The van der Waals surface area contributed by atoms with E-state index in [2.05, 4.69) is 10.9 Å². The molecule has 0 aromatic heterocycles. The van der Waals surface area contributed by atoms with E-state index in [9.17, 15) is 14.7 Å². The summed E-state index contributed by atoms with van der Waals surface area (Å²) < 4.78 is 0. The number of nitrogens with zero attached hydrogens (tertiary/aromatic N) is 1. The molecule has 1 aliphatic heterocycles. The van der Waals surface area contributed by atoms with E-state index in [0.717, 1.165) is 28.1 Å². The van der Waals surface area contributed by atoms with Gasteiger partial charge in [0.05, 0.1) is 11.3 Å². The van der Waals surface area contributed by atoms with Crippen LogP contribution >= 0.6 is 0 Å². The van der Waals surface area contributed by atoms with Crippen LogP contribution in [0.25, 0.3) is 5.57 Å². The van der Waals surface area contributed by atoms with Gasteiger partial charge in [-0.3, -0.25) is 19.9 Å². The standard InChI is InChI=1S/C25H23N3O3/c1-15-8-11-19(14-16(15)2)28-22-7-5-4-6-21(22)23(25(28)31)17(3)26-27-24(30)18-9-12-20(29)13-10-18/h4-14,26,29H,1-3H3,(H,27,30). The van der Waals surface area contributed by atoms with Crippen LogP contribution < -0.4 is 15.8 Å². The molecule has 6 heteroatoms. The Balaban J connectivity index is 1.65. The molecular formula is C25H23N3O3. The zero-order chi connectivity index (χ0) is 22.1. The molecule has 31 heavy (non-hydrogen) atoms. The van der Waals surface area contributed by atoms with Crippen LogP contribution in [0.5, 0.6) is 5.75 Å². The van der Waals surface area contributed by atoms with Gasteiger partial charge in [0, 0.05) is 22.5 Å². The molecule has 1 aliphatic rings. The van der Waals surface area contributed by atoms with E-state index in [1.54, 1.807) is 11.8 Å². The third kappa shape index (κ3) is 3.75. The van der Waals surface area contributed by atoms with Crippen molar-refractivity contribution in [2.75, 3.05) is 4.90 Å². The number of carbonyl (C=O) groups is 2. The first-order valence-electron chi connectivity index (χ1n) is 9.94. The van der Waals surface area contributed by atoms with Crippen LogP contribution in [0.15, 0.2) is 72.4 Å². The zero-order valence-electron chi connectivity index (χ0n) is 17.6. The lowest BCUT2D eigenvalue weighted by Crippen LogP contribution is -2.37. The molecule has 3 N–H and O–H groups in total. The fourth-order valence-corrected chi connectivity index (χ4v) is 3.60. The second kappa shape index (κ2) is 7.99. The molecule has 0 saturated heterocycles. The number of allylic oxidation sites excluding steroid dienone is 1. The van der Waals surface area contributed by atoms with Gasteiger partial charge in [0.1, 0.15) is 5.75 Å². The quantitative estimate of drug-likeness (QED) is 0.439. The SMILES string of the molecule is CC(NNC(=O)c1ccc(O)cc1)=C1C(=O)N(c2ccc(C)c(C)c2)c2ccccc21. The molecule has 0 radical (unpaired) electrons. The summed E-state index contributed by atoms with van der Waals surface area (Å²) in [6.45, 7) is 5.81. The normalized spacial score (nSPS) is 14.3. The molecule has 4 rings (SSSR count). The fourth-order valence-electron chi connectivity index (χ4n) is 3.60. The monoisotopic (exact) mass is 413 g/mol. The van der Waals surface area contributed by atoms with E-state index in [1.165, 1.54) is 24.3 Å². The molecule has 156 valence electrons. The zero-order valence-corrected chi connectivity index (χ0v) is 17.6. The van der Waals surface area contributed by atoms with Gasteiger partial charge in [0.25, 0.3) is 11.8 Å². The number of fused-ring (bicyclic) bond motifs is 1. The van der Waals surface area contributed by atoms with Crippen LogP contribution in [0.3, 0.4) is 0 Å². The molecule has 0 spiro atoms. The number of para-hydroxylation sites is 1. The van der Waals surface area contributed by atoms with Crippen LogP contribution in [0.2, 0.25) is 0 Å². The maximum absolute atomic E-state index is 13.4. The first-order chi connectivity index (χ1) is 14.9. The molecule has 0 aliphatic carbocycles. The lowest BCUT2D eigenvalue weighted by Gasteiger charge is -2.18. The Labute approximate surface area is 180 Å². The highest BCUT2D eigenvalue weighted by Crippen LogP contribution is 2.42. The van der Waals surface area contributed by atoms with Crippen LogP contribution in [0.4, 0.5) is 11.4 Å². The number of hydrazine groups is 1. The highest BCUT2D eigenvalue weighted by Gasteiger charge is 2.35. The second-order valence-corrected chi connectivity index (χ2v) is 7.55. The molecule has 0 saturated carbocycles. The van der Waals surface area contributed by atoms with Crippen molar-refractivity contribution in [2.45, 2.75) is 20.8 Å². The first kappa shape index (κ1) is 20.2. The molecule has 6 nitrogen and oxygen atoms in total. The molecule has 0 fully saturated rings. The molecule has 3 aromatic carbocycles. The summed E-state index contributed by atoms with van der Waals surface area (Å²) in [5, 5.41) is 9.38. The maximum atomic E-state index is 13.4. The van der Waals surface area contributed by atoms with Gasteiger partial charge in [-0.05, 0) is 74.4 Å². The van der Waals surface area contributed by atoms with E-state index in [4.69, 9.17) is 0 Å². The van der Waals surface area contributed by atoms with E-state index >= 15 is 0 Å². The Hall–Kier alpha value is -4.06. The highest BCUT2D eigenvalue weighted by atomic mass is 16.3. The van der Waals surface area contributed by atoms with E-state index in [1.807, 2.05) is 56.3 Å². The number of hydrogen-bond donors (Lipinski definition) is 3. The Morgan fingerprint density at radius 3 is 2.32 bits per heavy atom. The number of rotatable bonds is 4. The number of aryl methyl sites for hydroxylation is 2. The molecular weight excluding hydrogens is 390 g/mol. The summed E-state index contributed by atoms with van der Waals surface area (Å²) in [6.07, 6.45) is 0. The van der Waals surface area contributed by atoms with Crippen molar-refractivity contribution in [2.24, 2.45) is 0 Å².